The van der Waals surface area contributed by atoms with Gasteiger partial charge in [0.05, 0.1) is 6.10 Å². The smallest absolute Gasteiger partial charge is 0.189 e. The van der Waals surface area contributed by atoms with Crippen molar-refractivity contribution in [1.29, 1.82) is 0 Å². The molecule has 0 aliphatic heterocycles. The summed E-state index contributed by atoms with van der Waals surface area (Å²) < 4.78 is 12.1. The molecule has 0 spiro atoms. The van der Waals surface area contributed by atoms with Crippen LogP contribution >= 0.6 is 11.6 Å². The van der Waals surface area contributed by atoms with E-state index in [4.69, 9.17) is 21.1 Å². The van der Waals surface area contributed by atoms with E-state index in [0.717, 1.165) is 59.1 Å². The summed E-state index contributed by atoms with van der Waals surface area (Å²) in [7, 11) is 0. The van der Waals surface area contributed by atoms with Crippen molar-refractivity contribution < 1.29 is 9.47 Å². The first-order chi connectivity index (χ1) is 17.7. The fraction of sp³-hybridized carbons (Fsp3) is 0.765. The van der Waals surface area contributed by atoms with Gasteiger partial charge in [0.25, 0.3) is 0 Å². The van der Waals surface area contributed by atoms with Crippen LogP contribution in [0.1, 0.15) is 105 Å². The first kappa shape index (κ1) is 27.6. The third-order valence-corrected chi connectivity index (χ3v) is 11.9. The molecule has 4 aliphatic rings. The summed E-state index contributed by atoms with van der Waals surface area (Å²) in [6.45, 7) is 13.0. The normalized spacial score (nSPS) is 37.9. The average Bonchev–Trinajstić information content (AvgIpc) is 3.22. The van der Waals surface area contributed by atoms with Crippen LogP contribution in [-0.2, 0) is 4.74 Å². The Hall–Kier alpha value is -0.990. The van der Waals surface area contributed by atoms with Crippen molar-refractivity contribution in [3.8, 4) is 5.75 Å². The molecule has 206 valence electrons. The number of rotatable bonds is 9. The lowest BCUT2D eigenvalue weighted by Gasteiger charge is -2.58. The maximum atomic E-state index is 6.22. The van der Waals surface area contributed by atoms with E-state index in [1.165, 1.54) is 57.8 Å². The molecule has 0 amide bonds. The Balaban J connectivity index is 1.19. The Kier molecular flexibility index (Phi) is 8.38. The van der Waals surface area contributed by atoms with Gasteiger partial charge in [-0.2, -0.15) is 0 Å². The average molecular weight is 527 g/mol. The summed E-state index contributed by atoms with van der Waals surface area (Å²) in [5.41, 5.74) is 2.64. The molecule has 8 atom stereocenters. The third kappa shape index (κ3) is 5.54. The van der Waals surface area contributed by atoms with Gasteiger partial charge in [0.2, 0.25) is 0 Å². The molecule has 1 aromatic rings. The van der Waals surface area contributed by atoms with E-state index in [9.17, 15) is 0 Å². The third-order valence-electron chi connectivity index (χ3n) is 11.6. The quantitative estimate of drug-likeness (QED) is 0.235. The second-order valence-electron chi connectivity index (χ2n) is 14.0. The lowest BCUT2D eigenvalue weighted by molar-refractivity contribution is -0.0814. The Labute approximate surface area is 231 Å². The van der Waals surface area contributed by atoms with Crippen LogP contribution in [0.5, 0.6) is 5.75 Å². The van der Waals surface area contributed by atoms with Gasteiger partial charge < -0.3 is 9.47 Å². The van der Waals surface area contributed by atoms with Gasteiger partial charge in [0, 0.05) is 5.02 Å². The summed E-state index contributed by atoms with van der Waals surface area (Å²) in [5, 5.41) is 0.731. The molecule has 37 heavy (non-hydrogen) atoms. The number of allylic oxidation sites excluding steroid dienone is 1. The van der Waals surface area contributed by atoms with Crippen LogP contribution in [0.3, 0.4) is 0 Å². The highest BCUT2D eigenvalue weighted by molar-refractivity contribution is 6.30. The van der Waals surface area contributed by atoms with E-state index in [1.807, 2.05) is 24.3 Å². The molecule has 0 bridgehead atoms. The van der Waals surface area contributed by atoms with Gasteiger partial charge in [-0.15, -0.1) is 0 Å². The Bertz CT molecular complexity index is 938. The molecule has 2 nitrogen and oxygen atoms in total. The van der Waals surface area contributed by atoms with Crippen LogP contribution in [-0.4, -0.2) is 12.9 Å². The van der Waals surface area contributed by atoms with Crippen molar-refractivity contribution in [2.24, 2.45) is 46.3 Å². The van der Waals surface area contributed by atoms with Gasteiger partial charge in [0.1, 0.15) is 5.75 Å². The molecular formula is C34H51ClO2. The van der Waals surface area contributed by atoms with Crippen LogP contribution in [0.25, 0.3) is 0 Å². The summed E-state index contributed by atoms with van der Waals surface area (Å²) in [5.74, 6) is 6.18. The van der Waals surface area contributed by atoms with Gasteiger partial charge in [-0.25, -0.2) is 0 Å². The minimum atomic E-state index is 0.277. The van der Waals surface area contributed by atoms with Crippen LogP contribution in [0, 0.1) is 46.3 Å². The molecule has 0 heterocycles. The molecule has 0 saturated heterocycles. The standard InChI is InChI=1S/C34H51ClO2/c1-23(2)7-6-8-24(3)30-15-16-31-29-14-9-25-21-28(37-22-36-27-12-10-26(35)11-13-27)17-19-33(25,4)32(29)18-20-34(30,31)5/h9-13,23-24,28-32H,6-8,14-22H2,1-5H3/t24-,28+,29+,30-,31-,32-,33+,34-/m1/s1. The van der Waals surface area contributed by atoms with Gasteiger partial charge in [-0.3, -0.25) is 0 Å². The van der Waals surface area contributed by atoms with E-state index >= 15 is 0 Å². The molecule has 0 unspecified atom stereocenters. The molecule has 0 radical (unpaired) electrons. The first-order valence-corrected chi connectivity index (χ1v) is 15.8. The molecule has 0 N–H and O–H groups in total. The highest BCUT2D eigenvalue weighted by Crippen LogP contribution is 2.67. The predicted octanol–water partition coefficient (Wildman–Crippen LogP) is 10.1. The summed E-state index contributed by atoms with van der Waals surface area (Å²) in [6.07, 6.45) is 17.8. The van der Waals surface area contributed by atoms with Crippen molar-refractivity contribution in [1.82, 2.24) is 0 Å². The second-order valence-corrected chi connectivity index (χ2v) is 14.5. The van der Waals surface area contributed by atoms with Crippen LogP contribution < -0.4 is 4.74 Å². The fourth-order valence-corrected chi connectivity index (χ4v) is 9.65. The van der Waals surface area contributed by atoms with Crippen molar-refractivity contribution >= 4 is 11.6 Å². The monoisotopic (exact) mass is 526 g/mol. The number of hydrogen-bond donors (Lipinski definition) is 0. The lowest BCUT2D eigenvalue weighted by Crippen LogP contribution is -2.51. The highest BCUT2D eigenvalue weighted by Gasteiger charge is 2.59. The zero-order valence-corrected chi connectivity index (χ0v) is 24.9. The fourth-order valence-electron chi connectivity index (χ4n) is 9.52. The molecule has 0 aromatic heterocycles. The Morgan fingerprint density at radius 2 is 1.73 bits per heavy atom. The van der Waals surface area contributed by atoms with Crippen molar-refractivity contribution in [2.45, 2.75) is 111 Å². The molecular weight excluding hydrogens is 476 g/mol. The van der Waals surface area contributed by atoms with Gasteiger partial charge in [-0.05, 0) is 122 Å². The number of hydrogen-bond acceptors (Lipinski definition) is 2. The zero-order valence-electron chi connectivity index (χ0n) is 24.1. The molecule has 1 aromatic carbocycles. The Morgan fingerprint density at radius 3 is 2.49 bits per heavy atom. The number of ether oxygens (including phenoxy) is 2. The zero-order chi connectivity index (χ0) is 26.2. The summed E-state index contributed by atoms with van der Waals surface area (Å²) >= 11 is 5.99. The highest BCUT2D eigenvalue weighted by atomic mass is 35.5. The maximum absolute atomic E-state index is 6.22. The largest absolute Gasteiger partial charge is 0.468 e. The van der Waals surface area contributed by atoms with Crippen LogP contribution in [0.4, 0.5) is 0 Å². The molecule has 3 saturated carbocycles. The van der Waals surface area contributed by atoms with E-state index in [2.05, 4.69) is 40.7 Å². The van der Waals surface area contributed by atoms with Gasteiger partial charge in [0.15, 0.2) is 6.79 Å². The number of halogens is 1. The molecule has 3 fully saturated rings. The molecule has 5 rings (SSSR count). The van der Waals surface area contributed by atoms with E-state index in [0.29, 0.717) is 17.6 Å². The van der Waals surface area contributed by atoms with Crippen LogP contribution in [0.2, 0.25) is 5.02 Å². The summed E-state index contributed by atoms with van der Waals surface area (Å²) in [4.78, 5) is 0. The van der Waals surface area contributed by atoms with Gasteiger partial charge >= 0.3 is 0 Å². The van der Waals surface area contributed by atoms with Crippen molar-refractivity contribution in [3.05, 3.63) is 40.9 Å². The van der Waals surface area contributed by atoms with Crippen LogP contribution in [0.15, 0.2) is 35.9 Å². The maximum Gasteiger partial charge on any atom is 0.189 e. The number of fused-ring (bicyclic) bond motifs is 5. The van der Waals surface area contributed by atoms with Gasteiger partial charge in [-0.1, -0.05) is 77.1 Å². The second kappa shape index (κ2) is 11.2. The predicted molar refractivity (Wildman–Crippen MR) is 155 cm³/mol. The van der Waals surface area contributed by atoms with E-state index in [-0.39, 0.29) is 6.10 Å². The first-order valence-electron chi connectivity index (χ1n) is 15.4. The molecule has 3 heteroatoms. The van der Waals surface area contributed by atoms with Crippen molar-refractivity contribution in [3.63, 3.8) is 0 Å². The number of benzene rings is 1. The molecule has 4 aliphatic carbocycles. The van der Waals surface area contributed by atoms with Crippen molar-refractivity contribution in [2.75, 3.05) is 6.79 Å². The van der Waals surface area contributed by atoms with E-state index < -0.39 is 0 Å². The van der Waals surface area contributed by atoms with E-state index in [1.54, 1.807) is 5.57 Å². The Morgan fingerprint density at radius 1 is 0.946 bits per heavy atom. The summed E-state index contributed by atoms with van der Waals surface area (Å²) in [6, 6.07) is 7.54. The minimum Gasteiger partial charge on any atom is -0.468 e. The SMILES string of the molecule is CC(C)CCC[C@@H](C)[C@H]1CC[C@@H]2[C@@H]3CC=C4C[C@@H](OCOc5ccc(Cl)cc5)CC[C@]4(C)[C@@H]3CC[C@@]21C. The minimum absolute atomic E-state index is 0.277. The lowest BCUT2D eigenvalue weighted by atomic mass is 9.47. The topological polar surface area (TPSA) is 18.5 Å².